The number of pyridine rings is 1. The number of halogens is 1. The van der Waals surface area contributed by atoms with Crippen molar-refractivity contribution in [2.45, 2.75) is 6.92 Å². The number of rotatable bonds is 3. The number of furan rings is 1. The molecule has 6 aromatic rings. The lowest BCUT2D eigenvalue weighted by molar-refractivity contribution is -0.661. The van der Waals surface area contributed by atoms with Crippen LogP contribution >= 0.6 is 0 Å². The average Bonchev–Trinajstić information content (AvgIpc) is 3.28. The molecule has 0 bridgehead atoms. The summed E-state index contributed by atoms with van der Waals surface area (Å²) in [6, 6.07) is 31.8. The van der Waals surface area contributed by atoms with Crippen molar-refractivity contribution in [1.29, 1.82) is 5.26 Å². The van der Waals surface area contributed by atoms with Crippen LogP contribution in [0.5, 0.6) is 0 Å². The third kappa shape index (κ3) is 3.45. The Bertz CT molecular complexity index is 1810. The number of aromatic nitrogens is 1. The first-order valence-corrected chi connectivity index (χ1v) is 11.8. The van der Waals surface area contributed by atoms with E-state index in [2.05, 4.69) is 30.3 Å². The van der Waals surface area contributed by atoms with Gasteiger partial charge in [-0.05, 0) is 53.4 Å². The molecule has 0 amide bonds. The van der Waals surface area contributed by atoms with Crippen LogP contribution in [0.1, 0.15) is 11.1 Å². The predicted octanol–water partition coefficient (Wildman–Crippen LogP) is 7.73. The monoisotopic (exact) mass is 469 g/mol. The number of hydrogen-bond acceptors (Lipinski definition) is 2. The van der Waals surface area contributed by atoms with Crippen molar-refractivity contribution in [3.05, 3.63) is 114 Å². The van der Waals surface area contributed by atoms with Gasteiger partial charge in [-0.15, -0.1) is 0 Å². The second-order valence-electron chi connectivity index (χ2n) is 9.00. The highest BCUT2D eigenvalue weighted by molar-refractivity contribution is 6.16. The van der Waals surface area contributed by atoms with Gasteiger partial charge in [-0.25, -0.2) is 4.39 Å². The van der Waals surface area contributed by atoms with Gasteiger partial charge >= 0.3 is 0 Å². The molecule has 0 aliphatic rings. The smallest absolute Gasteiger partial charge is 0.213 e. The highest BCUT2D eigenvalue weighted by Crippen LogP contribution is 2.42. The summed E-state index contributed by atoms with van der Waals surface area (Å²) in [5.74, 6) is -0.289. The van der Waals surface area contributed by atoms with Gasteiger partial charge in [-0.1, -0.05) is 60.7 Å². The quantitative estimate of drug-likeness (QED) is 0.249. The van der Waals surface area contributed by atoms with E-state index in [1.807, 2.05) is 68.6 Å². The van der Waals surface area contributed by atoms with E-state index in [9.17, 15) is 9.65 Å². The SMILES string of the molecule is Cc1ccc2oc3c(-c4ccc(-c5ccccc5)cc4)c(C#N)ccc3c2c1-c1ccc(F)c[n+]1C. The summed E-state index contributed by atoms with van der Waals surface area (Å²) in [6.07, 6.45) is 1.48. The van der Waals surface area contributed by atoms with E-state index in [0.29, 0.717) is 11.1 Å². The largest absolute Gasteiger partial charge is 0.455 e. The van der Waals surface area contributed by atoms with Crippen molar-refractivity contribution in [3.8, 4) is 39.6 Å². The van der Waals surface area contributed by atoms with Crippen LogP contribution in [0.25, 0.3) is 55.4 Å². The molecule has 0 radical (unpaired) electrons. The maximum atomic E-state index is 13.9. The Morgan fingerprint density at radius 1 is 0.778 bits per heavy atom. The first kappa shape index (κ1) is 21.8. The van der Waals surface area contributed by atoms with E-state index >= 15 is 0 Å². The lowest BCUT2D eigenvalue weighted by Gasteiger charge is -2.08. The fraction of sp³-hybridized carbons (Fsp3) is 0.0625. The number of nitriles is 1. The first-order valence-electron chi connectivity index (χ1n) is 11.8. The summed E-state index contributed by atoms with van der Waals surface area (Å²) in [7, 11) is 1.84. The van der Waals surface area contributed by atoms with Crippen LogP contribution in [0, 0.1) is 24.1 Å². The molecule has 2 heterocycles. The second-order valence-corrected chi connectivity index (χ2v) is 9.00. The van der Waals surface area contributed by atoms with Crippen molar-refractivity contribution in [2.75, 3.05) is 0 Å². The maximum Gasteiger partial charge on any atom is 0.213 e. The van der Waals surface area contributed by atoms with E-state index < -0.39 is 0 Å². The number of nitrogens with zero attached hydrogens (tertiary/aromatic N) is 2. The lowest BCUT2D eigenvalue weighted by atomic mass is 9.93. The van der Waals surface area contributed by atoms with Crippen LogP contribution in [0.3, 0.4) is 0 Å². The van der Waals surface area contributed by atoms with E-state index in [0.717, 1.165) is 55.4 Å². The van der Waals surface area contributed by atoms with Gasteiger partial charge in [-0.3, -0.25) is 0 Å². The van der Waals surface area contributed by atoms with E-state index in [1.54, 1.807) is 10.6 Å². The zero-order valence-corrected chi connectivity index (χ0v) is 19.9. The Kier molecular flexibility index (Phi) is 5.13. The third-order valence-corrected chi connectivity index (χ3v) is 6.77. The maximum absolute atomic E-state index is 13.9. The molecule has 2 aromatic heterocycles. The molecule has 0 N–H and O–H groups in total. The Morgan fingerprint density at radius 3 is 2.22 bits per heavy atom. The molecule has 6 rings (SSSR count). The molecule has 0 saturated carbocycles. The van der Waals surface area contributed by atoms with Crippen LogP contribution in [0.15, 0.2) is 102 Å². The number of hydrogen-bond donors (Lipinski definition) is 0. The molecule has 4 heteroatoms. The van der Waals surface area contributed by atoms with Gasteiger partial charge in [-0.2, -0.15) is 9.83 Å². The Labute approximate surface area is 208 Å². The average molecular weight is 470 g/mol. The Morgan fingerprint density at radius 2 is 1.50 bits per heavy atom. The minimum Gasteiger partial charge on any atom is -0.455 e. The van der Waals surface area contributed by atoms with Crippen LogP contribution in [-0.4, -0.2) is 0 Å². The molecular formula is C32H22FN2O+. The summed E-state index contributed by atoms with van der Waals surface area (Å²) in [6.45, 7) is 2.05. The number of aryl methyl sites for hydroxylation is 2. The highest BCUT2D eigenvalue weighted by Gasteiger charge is 2.23. The third-order valence-electron chi connectivity index (χ3n) is 6.77. The Balaban J connectivity index is 1.61. The summed E-state index contributed by atoms with van der Waals surface area (Å²) < 4.78 is 22.1. The molecule has 0 saturated heterocycles. The van der Waals surface area contributed by atoms with Gasteiger partial charge in [0.1, 0.15) is 18.2 Å². The van der Waals surface area contributed by atoms with Gasteiger partial charge < -0.3 is 4.42 Å². The molecule has 0 atom stereocenters. The zero-order valence-electron chi connectivity index (χ0n) is 19.9. The fourth-order valence-corrected chi connectivity index (χ4v) is 5.04. The van der Waals surface area contributed by atoms with Gasteiger partial charge in [0, 0.05) is 22.4 Å². The fourth-order valence-electron chi connectivity index (χ4n) is 5.04. The van der Waals surface area contributed by atoms with Crippen LogP contribution < -0.4 is 4.57 Å². The van der Waals surface area contributed by atoms with E-state index in [4.69, 9.17) is 4.42 Å². The first-order chi connectivity index (χ1) is 17.5. The molecule has 36 heavy (non-hydrogen) atoms. The predicted molar refractivity (Wildman–Crippen MR) is 141 cm³/mol. The molecule has 0 aliphatic heterocycles. The van der Waals surface area contributed by atoms with Gasteiger partial charge in [0.2, 0.25) is 11.9 Å². The van der Waals surface area contributed by atoms with E-state index in [1.165, 1.54) is 12.3 Å². The second kappa shape index (κ2) is 8.48. The topological polar surface area (TPSA) is 40.8 Å². The van der Waals surface area contributed by atoms with Gasteiger partial charge in [0.25, 0.3) is 0 Å². The minimum absolute atomic E-state index is 0.289. The Hall–Kier alpha value is -4.75. The standard InChI is InChI=1S/C32H22FN2O/c1-20-8-17-28-31(29(20)27-16-14-25(33)19-35(27)2)26-15-13-24(18-34)30(32(26)36-28)23-11-9-22(10-12-23)21-6-4-3-5-7-21/h3-17,19H,1-2H3/q+1. The summed E-state index contributed by atoms with van der Waals surface area (Å²) in [5.41, 5.74) is 8.84. The molecule has 3 nitrogen and oxygen atoms in total. The summed E-state index contributed by atoms with van der Waals surface area (Å²) in [4.78, 5) is 0. The molecule has 4 aromatic carbocycles. The molecule has 0 fully saturated rings. The van der Waals surface area contributed by atoms with Crippen molar-refractivity contribution in [3.63, 3.8) is 0 Å². The molecule has 0 aliphatic carbocycles. The van der Waals surface area contributed by atoms with Crippen LogP contribution in [0.2, 0.25) is 0 Å². The van der Waals surface area contributed by atoms with Gasteiger partial charge in [0.15, 0.2) is 5.82 Å². The van der Waals surface area contributed by atoms with Gasteiger partial charge in [0.05, 0.1) is 17.2 Å². The number of fused-ring (bicyclic) bond motifs is 3. The van der Waals surface area contributed by atoms with Crippen molar-refractivity contribution in [1.82, 2.24) is 0 Å². The van der Waals surface area contributed by atoms with E-state index in [-0.39, 0.29) is 5.82 Å². The lowest BCUT2D eigenvalue weighted by Crippen LogP contribution is -2.31. The molecule has 0 spiro atoms. The van der Waals surface area contributed by atoms with Crippen LogP contribution in [0.4, 0.5) is 4.39 Å². The number of benzene rings is 4. The molecular weight excluding hydrogens is 447 g/mol. The molecule has 0 unspecified atom stereocenters. The minimum atomic E-state index is -0.289. The normalized spacial score (nSPS) is 11.2. The molecule has 172 valence electrons. The summed E-state index contributed by atoms with van der Waals surface area (Å²) >= 11 is 0. The highest BCUT2D eigenvalue weighted by atomic mass is 19.1. The van der Waals surface area contributed by atoms with Crippen LogP contribution in [-0.2, 0) is 7.05 Å². The van der Waals surface area contributed by atoms with Crippen molar-refractivity contribution >= 4 is 21.9 Å². The summed E-state index contributed by atoms with van der Waals surface area (Å²) in [5, 5.41) is 11.8. The van der Waals surface area contributed by atoms with Crippen molar-refractivity contribution < 1.29 is 13.4 Å². The van der Waals surface area contributed by atoms with Crippen molar-refractivity contribution in [2.24, 2.45) is 7.05 Å². The zero-order chi connectivity index (χ0) is 24.8.